The van der Waals surface area contributed by atoms with Crippen molar-refractivity contribution < 1.29 is 9.32 Å². The first kappa shape index (κ1) is 11.1. The summed E-state index contributed by atoms with van der Waals surface area (Å²) in [5, 5.41) is 7.04. The molecular weight excluding hydrogens is 206 g/mol. The van der Waals surface area contributed by atoms with Crippen LogP contribution in [0, 0.1) is 0 Å². The van der Waals surface area contributed by atoms with Crippen LogP contribution in [0.1, 0.15) is 37.8 Å². The lowest BCUT2D eigenvalue weighted by molar-refractivity contribution is -0.125. The molecule has 1 amide bonds. The van der Waals surface area contributed by atoms with Gasteiger partial charge in [-0.2, -0.15) is 0 Å². The van der Waals surface area contributed by atoms with E-state index < -0.39 is 5.54 Å². The van der Waals surface area contributed by atoms with Crippen LogP contribution in [-0.2, 0) is 11.3 Å². The Morgan fingerprint density at radius 3 is 2.81 bits per heavy atom. The smallest absolute Gasteiger partial charge is 0.237 e. The summed E-state index contributed by atoms with van der Waals surface area (Å²) in [6.07, 6.45) is 6.44. The summed E-state index contributed by atoms with van der Waals surface area (Å²) in [5.41, 5.74) is 5.75. The Hall–Kier alpha value is -1.36. The van der Waals surface area contributed by atoms with Crippen molar-refractivity contribution in [2.75, 3.05) is 0 Å². The molecule has 0 bridgehead atoms. The third kappa shape index (κ3) is 2.24. The van der Waals surface area contributed by atoms with E-state index in [9.17, 15) is 4.79 Å². The lowest BCUT2D eigenvalue weighted by Crippen LogP contribution is -2.56. The third-order valence-corrected chi connectivity index (χ3v) is 3.28. The van der Waals surface area contributed by atoms with Crippen LogP contribution in [0.25, 0.3) is 0 Å². The maximum Gasteiger partial charge on any atom is 0.237 e. The van der Waals surface area contributed by atoms with Gasteiger partial charge < -0.3 is 10.3 Å². The Bertz CT molecular complexity index is 342. The zero-order valence-corrected chi connectivity index (χ0v) is 9.24. The minimum absolute atomic E-state index is 0.254. The van der Waals surface area contributed by atoms with Crippen LogP contribution in [-0.4, -0.2) is 16.6 Å². The van der Waals surface area contributed by atoms with Gasteiger partial charge in [0.1, 0.15) is 6.26 Å². The van der Waals surface area contributed by atoms with Crippen molar-refractivity contribution in [1.82, 2.24) is 10.5 Å². The molecule has 0 aliphatic heterocycles. The number of hydrogen-bond donors (Lipinski definition) is 2. The summed E-state index contributed by atoms with van der Waals surface area (Å²) in [7, 11) is 0. The first-order chi connectivity index (χ1) is 7.73. The quantitative estimate of drug-likeness (QED) is 0.796. The highest BCUT2D eigenvalue weighted by molar-refractivity contribution is 5.84. The van der Waals surface area contributed by atoms with Crippen LogP contribution in [0.4, 0.5) is 0 Å². The largest absolute Gasteiger partial charge is 0.368 e. The maximum absolute atomic E-state index is 11.6. The van der Waals surface area contributed by atoms with Crippen molar-refractivity contribution in [3.63, 3.8) is 0 Å². The Morgan fingerprint density at radius 2 is 2.25 bits per heavy atom. The highest BCUT2D eigenvalue weighted by atomic mass is 16.5. The molecule has 1 heterocycles. The fraction of sp³-hybridized carbons (Fsp3) is 0.636. The predicted molar refractivity (Wildman–Crippen MR) is 58.4 cm³/mol. The van der Waals surface area contributed by atoms with Crippen LogP contribution < -0.4 is 11.1 Å². The normalized spacial score (nSPS) is 19.5. The van der Waals surface area contributed by atoms with E-state index in [1.165, 1.54) is 12.7 Å². The van der Waals surface area contributed by atoms with Crippen molar-refractivity contribution in [1.29, 1.82) is 0 Å². The van der Waals surface area contributed by atoms with Crippen LogP contribution in [0.3, 0.4) is 0 Å². The summed E-state index contributed by atoms with van der Waals surface area (Å²) >= 11 is 0. The molecule has 0 atom stereocenters. The van der Waals surface area contributed by atoms with Crippen molar-refractivity contribution in [3.05, 3.63) is 18.0 Å². The molecule has 0 unspecified atom stereocenters. The number of amides is 1. The number of primary amides is 1. The molecule has 0 saturated heterocycles. The van der Waals surface area contributed by atoms with Gasteiger partial charge in [0.15, 0.2) is 0 Å². The molecule has 16 heavy (non-hydrogen) atoms. The van der Waals surface area contributed by atoms with E-state index in [0.29, 0.717) is 6.54 Å². The number of hydrogen-bond acceptors (Lipinski definition) is 4. The molecule has 1 aromatic heterocycles. The Balaban J connectivity index is 2.00. The second-order valence-corrected chi connectivity index (χ2v) is 4.35. The lowest BCUT2D eigenvalue weighted by Gasteiger charge is -2.35. The molecule has 88 valence electrons. The monoisotopic (exact) mass is 223 g/mol. The number of carbonyl (C=O) groups is 1. The molecular formula is C11H17N3O2. The molecule has 1 fully saturated rings. The van der Waals surface area contributed by atoms with Gasteiger partial charge in [-0.15, -0.1) is 0 Å². The van der Waals surface area contributed by atoms with E-state index in [1.54, 1.807) is 6.07 Å². The SMILES string of the molecule is NC(=O)C1(NCc2ccon2)CCCCC1. The van der Waals surface area contributed by atoms with Crippen molar-refractivity contribution in [2.45, 2.75) is 44.2 Å². The highest BCUT2D eigenvalue weighted by Crippen LogP contribution is 2.28. The summed E-state index contributed by atoms with van der Waals surface area (Å²) in [4.78, 5) is 11.6. The lowest BCUT2D eigenvalue weighted by atomic mass is 9.81. The molecule has 0 radical (unpaired) electrons. The fourth-order valence-electron chi connectivity index (χ4n) is 2.25. The second-order valence-electron chi connectivity index (χ2n) is 4.35. The van der Waals surface area contributed by atoms with E-state index in [4.69, 9.17) is 10.3 Å². The van der Waals surface area contributed by atoms with Crippen LogP contribution in [0.5, 0.6) is 0 Å². The molecule has 2 rings (SSSR count). The third-order valence-electron chi connectivity index (χ3n) is 3.28. The Morgan fingerprint density at radius 1 is 1.50 bits per heavy atom. The standard InChI is InChI=1S/C11H17N3O2/c12-10(15)11(5-2-1-3-6-11)13-8-9-4-7-16-14-9/h4,7,13H,1-3,5-6,8H2,(H2,12,15). The van der Waals surface area contributed by atoms with E-state index in [1.807, 2.05) is 0 Å². The van der Waals surface area contributed by atoms with Gasteiger partial charge in [-0.05, 0) is 12.8 Å². The fourth-order valence-corrected chi connectivity index (χ4v) is 2.25. The second kappa shape index (κ2) is 4.65. The maximum atomic E-state index is 11.6. The average molecular weight is 223 g/mol. The van der Waals surface area contributed by atoms with Gasteiger partial charge in [-0.25, -0.2) is 0 Å². The summed E-state index contributed by atoms with van der Waals surface area (Å²) in [6, 6.07) is 1.78. The first-order valence-corrected chi connectivity index (χ1v) is 5.67. The van der Waals surface area contributed by atoms with E-state index in [-0.39, 0.29) is 5.91 Å². The number of nitrogens with zero attached hydrogens (tertiary/aromatic N) is 1. The van der Waals surface area contributed by atoms with E-state index >= 15 is 0 Å². The van der Waals surface area contributed by atoms with Gasteiger partial charge in [0.05, 0.1) is 11.2 Å². The first-order valence-electron chi connectivity index (χ1n) is 5.67. The van der Waals surface area contributed by atoms with Gasteiger partial charge in [0.25, 0.3) is 0 Å². The van der Waals surface area contributed by atoms with Crippen LogP contribution in [0.15, 0.2) is 16.9 Å². The summed E-state index contributed by atoms with van der Waals surface area (Å²) < 4.78 is 4.74. The minimum atomic E-state index is -0.544. The van der Waals surface area contributed by atoms with Gasteiger partial charge in [0.2, 0.25) is 5.91 Å². The molecule has 3 N–H and O–H groups in total. The molecule has 1 saturated carbocycles. The van der Waals surface area contributed by atoms with Crippen LogP contribution in [0.2, 0.25) is 0 Å². The summed E-state index contributed by atoms with van der Waals surface area (Å²) in [6.45, 7) is 0.527. The number of carbonyl (C=O) groups excluding carboxylic acids is 1. The summed E-state index contributed by atoms with van der Waals surface area (Å²) in [5.74, 6) is -0.254. The number of rotatable bonds is 4. The topological polar surface area (TPSA) is 81.2 Å². The molecule has 1 aliphatic rings. The van der Waals surface area contributed by atoms with Gasteiger partial charge in [0, 0.05) is 12.6 Å². The van der Waals surface area contributed by atoms with Crippen LogP contribution >= 0.6 is 0 Å². The molecule has 0 aromatic carbocycles. The number of aromatic nitrogens is 1. The number of nitrogens with two attached hydrogens (primary N) is 1. The Labute approximate surface area is 94.4 Å². The molecule has 1 aromatic rings. The van der Waals surface area contributed by atoms with Gasteiger partial charge >= 0.3 is 0 Å². The molecule has 1 aliphatic carbocycles. The minimum Gasteiger partial charge on any atom is -0.368 e. The predicted octanol–water partition coefficient (Wildman–Crippen LogP) is 0.952. The average Bonchev–Trinajstić information content (AvgIpc) is 2.80. The van der Waals surface area contributed by atoms with Crippen molar-refractivity contribution in [3.8, 4) is 0 Å². The van der Waals surface area contributed by atoms with E-state index in [2.05, 4.69) is 10.5 Å². The van der Waals surface area contributed by atoms with Crippen molar-refractivity contribution in [2.24, 2.45) is 5.73 Å². The zero-order chi connectivity index (χ0) is 11.4. The van der Waals surface area contributed by atoms with Gasteiger partial charge in [-0.3, -0.25) is 10.1 Å². The van der Waals surface area contributed by atoms with E-state index in [0.717, 1.165) is 31.4 Å². The zero-order valence-electron chi connectivity index (χ0n) is 9.24. The molecule has 5 heteroatoms. The van der Waals surface area contributed by atoms with Gasteiger partial charge in [-0.1, -0.05) is 24.4 Å². The number of nitrogens with one attached hydrogen (secondary N) is 1. The highest BCUT2D eigenvalue weighted by Gasteiger charge is 2.37. The Kier molecular flexibility index (Phi) is 3.24. The molecule has 5 nitrogen and oxygen atoms in total. The molecule has 0 spiro atoms. The van der Waals surface area contributed by atoms with Crippen molar-refractivity contribution >= 4 is 5.91 Å².